The van der Waals surface area contributed by atoms with Gasteiger partial charge in [0, 0.05) is 13.1 Å². The molecule has 4 rings (SSSR count). The molecule has 9 nitrogen and oxygen atoms in total. The van der Waals surface area contributed by atoms with Gasteiger partial charge >= 0.3 is 0 Å². The van der Waals surface area contributed by atoms with E-state index in [1.807, 2.05) is 55.5 Å². The largest absolute Gasteiger partial charge is 0.497 e. The van der Waals surface area contributed by atoms with Crippen molar-refractivity contribution in [2.45, 2.75) is 19.6 Å². The summed E-state index contributed by atoms with van der Waals surface area (Å²) < 4.78 is 10.7. The van der Waals surface area contributed by atoms with Gasteiger partial charge in [0.1, 0.15) is 17.7 Å². The molecule has 1 fully saturated rings. The van der Waals surface area contributed by atoms with Crippen molar-refractivity contribution in [2.24, 2.45) is 10.9 Å². The average molecular weight is 470 g/mol. The summed E-state index contributed by atoms with van der Waals surface area (Å²) >= 11 is 1.24. The molecule has 2 aliphatic rings. The Morgan fingerprint density at radius 1 is 1.18 bits per heavy atom. The predicted molar refractivity (Wildman–Crippen MR) is 128 cm³/mol. The van der Waals surface area contributed by atoms with Gasteiger partial charge in [-0.05, 0) is 48.9 Å². The van der Waals surface area contributed by atoms with E-state index in [2.05, 4.69) is 16.2 Å². The lowest BCUT2D eigenvalue weighted by Gasteiger charge is -2.32. The van der Waals surface area contributed by atoms with Gasteiger partial charge in [-0.15, -0.1) is 0 Å². The number of nitrogens with one attached hydrogen (secondary N) is 3. The van der Waals surface area contributed by atoms with Gasteiger partial charge in [0.2, 0.25) is 11.8 Å². The summed E-state index contributed by atoms with van der Waals surface area (Å²) in [6.07, 6.45) is -0.346. The number of hydrazine groups is 1. The molecule has 2 aromatic rings. The number of nitrogens with zero attached hydrogens (tertiary/aromatic N) is 2. The average Bonchev–Trinajstić information content (AvgIpc) is 3.32. The van der Waals surface area contributed by atoms with Crippen LogP contribution in [0.4, 0.5) is 5.69 Å². The first-order valence-corrected chi connectivity index (χ1v) is 11.7. The Labute approximate surface area is 196 Å². The standard InChI is InChI=1S/C23H27N5O4S/c1-3-32-18-10-6-16(7-11-18)28-22(30)19-13-25-27-21(19)26-23(28)33-14-20(29)24-12-15-4-8-17(31-2)9-5-15/h4-11,19,21,25,27H,3,12-14H2,1-2H3,(H,24,29). The van der Waals surface area contributed by atoms with Gasteiger partial charge in [-0.25, -0.2) is 10.4 Å². The van der Waals surface area contributed by atoms with Crippen molar-refractivity contribution >= 4 is 34.4 Å². The highest BCUT2D eigenvalue weighted by molar-refractivity contribution is 8.14. The van der Waals surface area contributed by atoms with E-state index < -0.39 is 0 Å². The number of carbonyl (C=O) groups excluding carboxylic acids is 2. The van der Waals surface area contributed by atoms with Crippen LogP contribution in [0.25, 0.3) is 0 Å². The van der Waals surface area contributed by atoms with E-state index in [0.29, 0.717) is 30.6 Å². The Kier molecular flexibility index (Phi) is 7.48. The molecule has 0 aromatic heterocycles. The minimum absolute atomic E-state index is 0.0576. The monoisotopic (exact) mass is 469 g/mol. The van der Waals surface area contributed by atoms with Gasteiger partial charge in [-0.1, -0.05) is 23.9 Å². The number of anilines is 1. The fourth-order valence-corrected chi connectivity index (χ4v) is 4.46. The van der Waals surface area contributed by atoms with Gasteiger partial charge in [0.05, 0.1) is 31.1 Å². The molecule has 2 amide bonds. The number of fused-ring (bicyclic) bond motifs is 1. The summed E-state index contributed by atoms with van der Waals surface area (Å²) in [5.41, 5.74) is 7.70. The van der Waals surface area contributed by atoms with E-state index in [-0.39, 0.29) is 29.7 Å². The number of amidine groups is 1. The number of amides is 2. The molecule has 1 saturated heterocycles. The molecule has 0 spiro atoms. The molecule has 0 radical (unpaired) electrons. The van der Waals surface area contributed by atoms with Crippen LogP contribution in [0.1, 0.15) is 12.5 Å². The molecule has 0 saturated carbocycles. The predicted octanol–water partition coefficient (Wildman–Crippen LogP) is 1.90. The summed E-state index contributed by atoms with van der Waals surface area (Å²) in [7, 11) is 1.61. The molecule has 10 heteroatoms. The highest BCUT2D eigenvalue weighted by atomic mass is 32.2. The van der Waals surface area contributed by atoms with Crippen LogP contribution in [0.3, 0.4) is 0 Å². The van der Waals surface area contributed by atoms with E-state index in [9.17, 15) is 9.59 Å². The summed E-state index contributed by atoms with van der Waals surface area (Å²) in [5.74, 6) is 1.14. The van der Waals surface area contributed by atoms with E-state index in [1.54, 1.807) is 12.0 Å². The first kappa shape index (κ1) is 23.1. The lowest BCUT2D eigenvalue weighted by molar-refractivity contribution is -0.121. The Morgan fingerprint density at radius 3 is 2.61 bits per heavy atom. The Morgan fingerprint density at radius 2 is 1.91 bits per heavy atom. The van der Waals surface area contributed by atoms with Crippen molar-refractivity contribution in [2.75, 3.05) is 30.9 Å². The molecule has 2 aliphatic heterocycles. The summed E-state index contributed by atoms with van der Waals surface area (Å²) in [6, 6.07) is 14.8. The third-order valence-corrected chi connectivity index (χ3v) is 6.27. The van der Waals surface area contributed by atoms with E-state index in [0.717, 1.165) is 17.1 Å². The third kappa shape index (κ3) is 5.47. The van der Waals surface area contributed by atoms with Crippen LogP contribution >= 0.6 is 11.8 Å². The molecular weight excluding hydrogens is 442 g/mol. The normalized spacial score (nSPS) is 19.6. The minimum Gasteiger partial charge on any atom is -0.497 e. The Balaban J connectivity index is 1.42. The number of ether oxygens (including phenoxy) is 2. The van der Waals surface area contributed by atoms with Gasteiger partial charge in [-0.2, -0.15) is 0 Å². The van der Waals surface area contributed by atoms with Crippen LogP contribution in [-0.2, 0) is 16.1 Å². The summed E-state index contributed by atoms with van der Waals surface area (Å²) in [5, 5.41) is 3.39. The smallest absolute Gasteiger partial charge is 0.241 e. The van der Waals surface area contributed by atoms with Gasteiger partial charge in [-0.3, -0.25) is 19.9 Å². The molecule has 0 aliphatic carbocycles. The van der Waals surface area contributed by atoms with E-state index >= 15 is 0 Å². The van der Waals surface area contributed by atoms with Gasteiger partial charge < -0.3 is 14.8 Å². The second-order valence-electron chi connectivity index (χ2n) is 7.50. The van der Waals surface area contributed by atoms with Crippen molar-refractivity contribution in [1.29, 1.82) is 0 Å². The number of hydrogen-bond acceptors (Lipinski definition) is 8. The number of benzene rings is 2. The SMILES string of the molecule is CCOc1ccc(N2C(=O)C3CNNC3N=C2SCC(=O)NCc2ccc(OC)cc2)cc1. The number of rotatable bonds is 8. The first-order chi connectivity index (χ1) is 16.1. The zero-order valence-corrected chi connectivity index (χ0v) is 19.4. The second-order valence-corrected chi connectivity index (χ2v) is 8.44. The van der Waals surface area contributed by atoms with Crippen LogP contribution < -0.4 is 30.5 Å². The van der Waals surface area contributed by atoms with Crippen LogP contribution in [-0.4, -0.2) is 49.2 Å². The Hall–Kier alpha value is -3.08. The van der Waals surface area contributed by atoms with Crippen LogP contribution in [0.5, 0.6) is 11.5 Å². The maximum absolute atomic E-state index is 13.2. The first-order valence-electron chi connectivity index (χ1n) is 10.7. The van der Waals surface area contributed by atoms with Crippen molar-refractivity contribution < 1.29 is 19.1 Å². The number of thioether (sulfide) groups is 1. The summed E-state index contributed by atoms with van der Waals surface area (Å²) in [4.78, 5) is 32.0. The fourth-order valence-electron chi connectivity index (χ4n) is 3.59. The topological polar surface area (TPSA) is 104 Å². The minimum atomic E-state index is -0.346. The van der Waals surface area contributed by atoms with Gasteiger partial charge in [0.15, 0.2) is 5.17 Å². The Bertz CT molecular complexity index is 1010. The van der Waals surface area contributed by atoms with Crippen molar-refractivity contribution in [3.8, 4) is 11.5 Å². The maximum atomic E-state index is 13.2. The zero-order chi connectivity index (χ0) is 23.2. The molecular formula is C23H27N5O4S. The molecule has 2 heterocycles. The van der Waals surface area contributed by atoms with Gasteiger partial charge in [0.25, 0.3) is 0 Å². The summed E-state index contributed by atoms with van der Waals surface area (Å²) in [6.45, 7) is 3.40. The van der Waals surface area contributed by atoms with Crippen LogP contribution in [0.15, 0.2) is 53.5 Å². The number of hydrogen-bond donors (Lipinski definition) is 3. The molecule has 2 atom stereocenters. The molecule has 0 bridgehead atoms. The molecule has 174 valence electrons. The van der Waals surface area contributed by atoms with E-state index in [4.69, 9.17) is 14.5 Å². The quantitative estimate of drug-likeness (QED) is 0.542. The molecule has 33 heavy (non-hydrogen) atoms. The third-order valence-electron chi connectivity index (χ3n) is 5.32. The number of carbonyl (C=O) groups is 2. The number of methoxy groups -OCH3 is 1. The lowest BCUT2D eigenvalue weighted by Crippen LogP contribution is -2.49. The number of aliphatic imine (C=N–C) groups is 1. The fraction of sp³-hybridized carbons (Fsp3) is 0.348. The molecule has 3 N–H and O–H groups in total. The second kappa shape index (κ2) is 10.7. The molecule has 2 unspecified atom stereocenters. The highest BCUT2D eigenvalue weighted by Crippen LogP contribution is 2.30. The highest BCUT2D eigenvalue weighted by Gasteiger charge is 2.42. The molecule has 2 aromatic carbocycles. The van der Waals surface area contributed by atoms with Crippen molar-refractivity contribution in [3.63, 3.8) is 0 Å². The van der Waals surface area contributed by atoms with E-state index in [1.165, 1.54) is 11.8 Å². The van der Waals surface area contributed by atoms with Crippen LogP contribution in [0.2, 0.25) is 0 Å². The van der Waals surface area contributed by atoms with Crippen molar-refractivity contribution in [1.82, 2.24) is 16.2 Å². The van der Waals surface area contributed by atoms with Crippen LogP contribution in [0, 0.1) is 5.92 Å². The zero-order valence-electron chi connectivity index (χ0n) is 18.5. The lowest BCUT2D eigenvalue weighted by atomic mass is 10.0. The van der Waals surface area contributed by atoms with Crippen molar-refractivity contribution in [3.05, 3.63) is 54.1 Å². The maximum Gasteiger partial charge on any atom is 0.241 e.